The number of aliphatic hydroxyl groups is 1. The van der Waals surface area contributed by atoms with Crippen LogP contribution in [0.4, 0.5) is 0 Å². The first kappa shape index (κ1) is 16.4. The van der Waals surface area contributed by atoms with E-state index in [1.165, 1.54) is 30.3 Å². The van der Waals surface area contributed by atoms with Crippen LogP contribution in [-0.2, 0) is 10.0 Å². The van der Waals surface area contributed by atoms with Gasteiger partial charge in [-0.3, -0.25) is 4.79 Å². The number of hydrogen-bond acceptors (Lipinski definition) is 4. The molecular formula is C13H18N2O4S. The average Bonchev–Trinajstić information content (AvgIpc) is 2.45. The molecule has 6 nitrogen and oxygen atoms in total. The lowest BCUT2D eigenvalue weighted by molar-refractivity contribution is 0.0922. The normalized spacial score (nSPS) is 12.7. The molecule has 0 spiro atoms. The number of benzene rings is 1. The first-order chi connectivity index (χ1) is 9.40. The molecule has 1 rings (SSSR count). The molecule has 110 valence electrons. The topological polar surface area (TPSA) is 95.5 Å². The Balaban J connectivity index is 2.96. The maximum Gasteiger partial charge on any atom is 0.251 e. The third kappa shape index (κ3) is 4.44. The molecule has 0 radical (unpaired) electrons. The quantitative estimate of drug-likeness (QED) is 0.629. The van der Waals surface area contributed by atoms with Crippen molar-refractivity contribution in [2.45, 2.75) is 17.9 Å². The molecule has 1 aromatic rings. The van der Waals surface area contributed by atoms with Crippen molar-refractivity contribution in [1.82, 2.24) is 10.0 Å². The van der Waals surface area contributed by atoms with Crippen molar-refractivity contribution < 1.29 is 18.3 Å². The van der Waals surface area contributed by atoms with Crippen LogP contribution < -0.4 is 10.0 Å². The van der Waals surface area contributed by atoms with Crippen molar-refractivity contribution in [2.24, 2.45) is 0 Å². The minimum absolute atomic E-state index is 0.00338. The Bertz CT molecular complexity index is 584. The summed E-state index contributed by atoms with van der Waals surface area (Å²) < 4.78 is 26.2. The van der Waals surface area contributed by atoms with Crippen molar-refractivity contribution in [3.05, 3.63) is 42.5 Å². The number of nitrogens with one attached hydrogen (secondary N) is 2. The number of aliphatic hydroxyl groups excluding tert-OH is 1. The summed E-state index contributed by atoms with van der Waals surface area (Å²) in [4.78, 5) is 11.9. The van der Waals surface area contributed by atoms with E-state index < -0.39 is 22.0 Å². The van der Waals surface area contributed by atoms with Gasteiger partial charge in [0.15, 0.2) is 0 Å². The van der Waals surface area contributed by atoms with Gasteiger partial charge in [-0.05, 0) is 25.1 Å². The average molecular weight is 298 g/mol. The molecule has 0 aromatic heterocycles. The van der Waals surface area contributed by atoms with Crippen LogP contribution in [0.5, 0.6) is 0 Å². The van der Waals surface area contributed by atoms with Gasteiger partial charge in [0.05, 0.1) is 11.5 Å². The first-order valence-corrected chi connectivity index (χ1v) is 7.51. The van der Waals surface area contributed by atoms with Crippen LogP contribution in [-0.4, -0.2) is 38.6 Å². The van der Waals surface area contributed by atoms with Gasteiger partial charge in [-0.15, -0.1) is 6.58 Å². The fourth-order valence-corrected chi connectivity index (χ4v) is 2.45. The zero-order chi connectivity index (χ0) is 15.2. The van der Waals surface area contributed by atoms with Gasteiger partial charge in [0.1, 0.15) is 0 Å². The Labute approximate surface area is 118 Å². The molecule has 1 amide bonds. The van der Waals surface area contributed by atoms with Crippen molar-refractivity contribution in [3.8, 4) is 0 Å². The summed E-state index contributed by atoms with van der Waals surface area (Å²) in [5.74, 6) is -0.438. The summed E-state index contributed by atoms with van der Waals surface area (Å²) >= 11 is 0. The summed E-state index contributed by atoms with van der Waals surface area (Å²) in [5.41, 5.74) is 0.215. The Morgan fingerprint density at radius 2 is 2.20 bits per heavy atom. The van der Waals surface area contributed by atoms with Gasteiger partial charge in [0.25, 0.3) is 5.91 Å². The van der Waals surface area contributed by atoms with Crippen LogP contribution in [0.2, 0.25) is 0 Å². The fourth-order valence-electron chi connectivity index (χ4n) is 1.41. The largest absolute Gasteiger partial charge is 0.394 e. The third-order valence-electron chi connectivity index (χ3n) is 2.48. The van der Waals surface area contributed by atoms with Gasteiger partial charge in [-0.25, -0.2) is 13.1 Å². The van der Waals surface area contributed by atoms with E-state index in [0.29, 0.717) is 0 Å². The van der Waals surface area contributed by atoms with Crippen molar-refractivity contribution >= 4 is 15.9 Å². The molecule has 0 saturated carbocycles. The number of hydrogen-bond donors (Lipinski definition) is 3. The lowest BCUT2D eigenvalue weighted by atomic mass is 10.2. The fraction of sp³-hybridized carbons (Fsp3) is 0.308. The van der Waals surface area contributed by atoms with Crippen LogP contribution in [0.15, 0.2) is 41.8 Å². The van der Waals surface area contributed by atoms with E-state index in [-0.39, 0.29) is 23.6 Å². The Morgan fingerprint density at radius 3 is 2.80 bits per heavy atom. The highest BCUT2D eigenvalue weighted by atomic mass is 32.2. The van der Waals surface area contributed by atoms with Gasteiger partial charge in [-0.2, -0.15) is 0 Å². The van der Waals surface area contributed by atoms with Gasteiger partial charge in [0, 0.05) is 18.2 Å². The standard InChI is InChI=1S/C13H18N2O4S/c1-3-7-14-20(18,19)12-6-4-5-11(8-12)13(17)15-10(2)9-16/h3-6,8,10,14,16H,1,7,9H2,2H3,(H,15,17). The van der Waals surface area contributed by atoms with Gasteiger partial charge in [-0.1, -0.05) is 12.1 Å². The van der Waals surface area contributed by atoms with Crippen LogP contribution in [0, 0.1) is 0 Å². The van der Waals surface area contributed by atoms with Crippen molar-refractivity contribution in [1.29, 1.82) is 0 Å². The maximum absolute atomic E-state index is 11.9. The van der Waals surface area contributed by atoms with E-state index >= 15 is 0 Å². The smallest absolute Gasteiger partial charge is 0.251 e. The Kier molecular flexibility index (Phi) is 5.87. The second kappa shape index (κ2) is 7.18. The first-order valence-electron chi connectivity index (χ1n) is 6.03. The second-order valence-corrected chi connectivity index (χ2v) is 5.99. The molecule has 0 aliphatic carbocycles. The Hall–Kier alpha value is -1.70. The molecular weight excluding hydrogens is 280 g/mol. The van der Waals surface area contributed by atoms with E-state index in [1.807, 2.05) is 0 Å². The molecule has 20 heavy (non-hydrogen) atoms. The SMILES string of the molecule is C=CCNS(=O)(=O)c1cccc(C(=O)NC(C)CO)c1. The minimum Gasteiger partial charge on any atom is -0.394 e. The molecule has 1 aromatic carbocycles. The summed E-state index contributed by atoms with van der Waals surface area (Å²) in [7, 11) is -3.66. The number of carbonyl (C=O) groups excluding carboxylic acids is 1. The summed E-state index contributed by atoms with van der Waals surface area (Å²) in [6, 6.07) is 5.27. The summed E-state index contributed by atoms with van der Waals surface area (Å²) in [6.07, 6.45) is 1.43. The predicted molar refractivity (Wildman–Crippen MR) is 75.8 cm³/mol. The van der Waals surface area contributed by atoms with Crippen molar-refractivity contribution in [2.75, 3.05) is 13.2 Å². The van der Waals surface area contributed by atoms with Crippen LogP contribution in [0.3, 0.4) is 0 Å². The lowest BCUT2D eigenvalue weighted by Crippen LogP contribution is -2.35. The van der Waals surface area contributed by atoms with Gasteiger partial charge >= 0.3 is 0 Å². The molecule has 1 unspecified atom stereocenters. The molecule has 0 aliphatic rings. The molecule has 0 bridgehead atoms. The lowest BCUT2D eigenvalue weighted by Gasteiger charge is -2.11. The van der Waals surface area contributed by atoms with E-state index in [9.17, 15) is 13.2 Å². The molecule has 0 aliphatic heterocycles. The van der Waals surface area contributed by atoms with E-state index in [4.69, 9.17) is 5.11 Å². The van der Waals surface area contributed by atoms with E-state index in [0.717, 1.165) is 0 Å². The van der Waals surface area contributed by atoms with Crippen LogP contribution in [0.1, 0.15) is 17.3 Å². The predicted octanol–water partition coefficient (Wildman–Crippen LogP) is 0.261. The zero-order valence-corrected chi connectivity index (χ0v) is 12.0. The maximum atomic E-state index is 11.9. The molecule has 0 saturated heterocycles. The highest BCUT2D eigenvalue weighted by Crippen LogP contribution is 2.11. The second-order valence-electron chi connectivity index (χ2n) is 4.23. The number of amides is 1. The van der Waals surface area contributed by atoms with Gasteiger partial charge in [0.2, 0.25) is 10.0 Å². The zero-order valence-electron chi connectivity index (χ0n) is 11.2. The van der Waals surface area contributed by atoms with Crippen LogP contribution in [0.25, 0.3) is 0 Å². The summed E-state index contributed by atoms with van der Waals surface area (Å²) in [6.45, 7) is 5.00. The molecule has 7 heteroatoms. The Morgan fingerprint density at radius 1 is 1.50 bits per heavy atom. The third-order valence-corrected chi connectivity index (χ3v) is 3.90. The molecule has 0 heterocycles. The van der Waals surface area contributed by atoms with E-state index in [2.05, 4.69) is 16.6 Å². The highest BCUT2D eigenvalue weighted by Gasteiger charge is 2.16. The van der Waals surface area contributed by atoms with Crippen molar-refractivity contribution in [3.63, 3.8) is 0 Å². The van der Waals surface area contributed by atoms with Gasteiger partial charge < -0.3 is 10.4 Å². The molecule has 1 atom stereocenters. The van der Waals surface area contributed by atoms with E-state index in [1.54, 1.807) is 6.92 Å². The highest BCUT2D eigenvalue weighted by molar-refractivity contribution is 7.89. The number of sulfonamides is 1. The molecule has 0 fully saturated rings. The summed E-state index contributed by atoms with van der Waals surface area (Å²) in [5, 5.41) is 11.4. The monoisotopic (exact) mass is 298 g/mol. The molecule has 3 N–H and O–H groups in total. The van der Waals surface area contributed by atoms with Crippen LogP contribution >= 0.6 is 0 Å². The minimum atomic E-state index is -3.66. The number of carbonyl (C=O) groups is 1. The number of rotatable bonds is 7.